The van der Waals surface area contributed by atoms with Crippen LogP contribution in [0.3, 0.4) is 0 Å². The molecule has 0 bridgehead atoms. The van der Waals surface area contributed by atoms with Crippen LogP contribution in [-0.4, -0.2) is 9.55 Å². The van der Waals surface area contributed by atoms with Gasteiger partial charge in [-0.25, -0.2) is 4.98 Å². The van der Waals surface area contributed by atoms with Crippen molar-refractivity contribution in [1.29, 1.82) is 0 Å². The van der Waals surface area contributed by atoms with E-state index < -0.39 is 0 Å². The van der Waals surface area contributed by atoms with Crippen molar-refractivity contribution in [2.75, 3.05) is 0 Å². The van der Waals surface area contributed by atoms with Gasteiger partial charge >= 0.3 is 0 Å². The van der Waals surface area contributed by atoms with Crippen LogP contribution in [0.25, 0.3) is 5.69 Å². The van der Waals surface area contributed by atoms with Crippen LogP contribution in [0.1, 0.15) is 16.8 Å². The predicted octanol–water partition coefficient (Wildman–Crippen LogP) is 5.08. The van der Waals surface area contributed by atoms with E-state index in [2.05, 4.69) is 9.55 Å². The third-order valence-electron chi connectivity index (χ3n) is 3.46. The molecule has 1 heterocycles. The first-order valence-electron chi connectivity index (χ1n) is 6.66. The van der Waals surface area contributed by atoms with E-state index in [4.69, 9.17) is 23.2 Å². The molecule has 2 aromatic carbocycles. The number of aryl methyl sites for hydroxylation is 1. The molecule has 3 rings (SSSR count). The van der Waals surface area contributed by atoms with E-state index in [1.165, 1.54) is 0 Å². The van der Waals surface area contributed by atoms with E-state index in [1.54, 1.807) is 0 Å². The quantitative estimate of drug-likeness (QED) is 0.659. The smallest absolute Gasteiger partial charge is 0.0994 e. The number of hydrogen-bond acceptors (Lipinski definition) is 1. The van der Waals surface area contributed by atoms with Crippen molar-refractivity contribution in [3.63, 3.8) is 0 Å². The average Bonchev–Trinajstić information content (AvgIpc) is 2.88. The van der Waals surface area contributed by atoms with Crippen LogP contribution >= 0.6 is 23.2 Å². The maximum Gasteiger partial charge on any atom is 0.0994 e. The molecule has 21 heavy (non-hydrogen) atoms. The summed E-state index contributed by atoms with van der Waals surface area (Å²) in [7, 11) is 0. The zero-order chi connectivity index (χ0) is 14.8. The van der Waals surface area contributed by atoms with Crippen LogP contribution in [-0.2, 0) is 6.42 Å². The molecule has 0 aliphatic heterocycles. The van der Waals surface area contributed by atoms with Gasteiger partial charge in [0.2, 0.25) is 0 Å². The zero-order valence-corrected chi connectivity index (χ0v) is 13.1. The van der Waals surface area contributed by atoms with Crippen molar-refractivity contribution >= 4 is 23.2 Å². The molecule has 1 aromatic heterocycles. The van der Waals surface area contributed by atoms with Crippen molar-refractivity contribution in [1.82, 2.24) is 9.55 Å². The summed E-state index contributed by atoms with van der Waals surface area (Å²) in [5.41, 5.74) is 4.37. The van der Waals surface area contributed by atoms with Crippen molar-refractivity contribution in [2.45, 2.75) is 13.3 Å². The molecule has 0 N–H and O–H groups in total. The molecule has 0 saturated carbocycles. The van der Waals surface area contributed by atoms with E-state index in [0.717, 1.165) is 39.0 Å². The Kier molecular flexibility index (Phi) is 4.00. The largest absolute Gasteiger partial charge is 0.303 e. The number of rotatable bonds is 3. The van der Waals surface area contributed by atoms with Crippen LogP contribution in [0.5, 0.6) is 0 Å². The standard InChI is InChI=1S/C17H14Cl2N2/c1-12-10-20-11-21(12)17-7-6-15(18)9-14(17)8-13-4-2-3-5-16(13)19/h2-7,9-11H,8H2,1H3. The molecule has 4 heteroatoms. The lowest BCUT2D eigenvalue weighted by molar-refractivity contribution is 0.976. The highest BCUT2D eigenvalue weighted by atomic mass is 35.5. The molecule has 0 unspecified atom stereocenters. The van der Waals surface area contributed by atoms with Gasteiger partial charge in [0.15, 0.2) is 0 Å². The number of benzene rings is 2. The Hall–Kier alpha value is -1.77. The van der Waals surface area contributed by atoms with Crippen LogP contribution < -0.4 is 0 Å². The normalized spacial score (nSPS) is 10.8. The first-order valence-corrected chi connectivity index (χ1v) is 7.42. The summed E-state index contributed by atoms with van der Waals surface area (Å²) in [5.74, 6) is 0. The van der Waals surface area contributed by atoms with Gasteiger partial charge < -0.3 is 4.57 Å². The molecule has 0 radical (unpaired) electrons. The fourth-order valence-corrected chi connectivity index (χ4v) is 2.79. The van der Waals surface area contributed by atoms with Crippen LogP contribution in [0.15, 0.2) is 55.0 Å². The highest BCUT2D eigenvalue weighted by molar-refractivity contribution is 6.31. The second-order valence-electron chi connectivity index (χ2n) is 4.95. The first kappa shape index (κ1) is 14.2. The Morgan fingerprint density at radius 1 is 1.05 bits per heavy atom. The van der Waals surface area contributed by atoms with E-state index in [0.29, 0.717) is 0 Å². The Labute approximate surface area is 134 Å². The lowest BCUT2D eigenvalue weighted by Crippen LogP contribution is -2.01. The van der Waals surface area contributed by atoms with Gasteiger partial charge in [-0.05, 0) is 42.3 Å². The molecule has 0 saturated heterocycles. The summed E-state index contributed by atoms with van der Waals surface area (Å²) in [4.78, 5) is 4.19. The van der Waals surface area contributed by atoms with E-state index in [-0.39, 0.29) is 0 Å². The maximum atomic E-state index is 6.27. The van der Waals surface area contributed by atoms with Crippen molar-refractivity contribution < 1.29 is 0 Å². The van der Waals surface area contributed by atoms with E-state index >= 15 is 0 Å². The second kappa shape index (κ2) is 5.92. The topological polar surface area (TPSA) is 17.8 Å². The Morgan fingerprint density at radius 2 is 1.86 bits per heavy atom. The highest BCUT2D eigenvalue weighted by Crippen LogP contribution is 2.26. The minimum absolute atomic E-state index is 0.721. The first-order chi connectivity index (χ1) is 10.1. The molecule has 0 spiro atoms. The van der Waals surface area contributed by atoms with Gasteiger partial charge in [0.05, 0.1) is 12.0 Å². The van der Waals surface area contributed by atoms with Gasteiger partial charge in [0, 0.05) is 28.4 Å². The second-order valence-corrected chi connectivity index (χ2v) is 5.79. The van der Waals surface area contributed by atoms with Crippen LogP contribution in [0, 0.1) is 6.92 Å². The van der Waals surface area contributed by atoms with Gasteiger partial charge in [-0.2, -0.15) is 0 Å². The minimum atomic E-state index is 0.721. The molecule has 106 valence electrons. The number of halogens is 2. The molecule has 3 aromatic rings. The zero-order valence-electron chi connectivity index (χ0n) is 11.6. The molecule has 0 amide bonds. The lowest BCUT2D eigenvalue weighted by Gasteiger charge is -2.13. The van der Waals surface area contributed by atoms with Gasteiger partial charge in [0.1, 0.15) is 0 Å². The minimum Gasteiger partial charge on any atom is -0.303 e. The molecule has 0 fully saturated rings. The fraction of sp³-hybridized carbons (Fsp3) is 0.118. The van der Waals surface area contributed by atoms with Gasteiger partial charge in [-0.3, -0.25) is 0 Å². The maximum absolute atomic E-state index is 6.27. The molecule has 0 aliphatic rings. The number of imidazole rings is 1. The highest BCUT2D eigenvalue weighted by Gasteiger charge is 2.10. The molecular formula is C17H14Cl2N2. The number of nitrogens with zero attached hydrogens (tertiary/aromatic N) is 2. The van der Waals surface area contributed by atoms with Crippen molar-refractivity contribution in [3.05, 3.63) is 81.9 Å². The SMILES string of the molecule is Cc1cncn1-c1ccc(Cl)cc1Cc1ccccc1Cl. The monoisotopic (exact) mass is 316 g/mol. The average molecular weight is 317 g/mol. The Bertz CT molecular complexity index is 778. The summed E-state index contributed by atoms with van der Waals surface area (Å²) in [6, 6.07) is 13.8. The van der Waals surface area contributed by atoms with Crippen molar-refractivity contribution in [3.8, 4) is 5.69 Å². The van der Waals surface area contributed by atoms with Crippen LogP contribution in [0.2, 0.25) is 10.0 Å². The van der Waals surface area contributed by atoms with Gasteiger partial charge in [0.25, 0.3) is 0 Å². The van der Waals surface area contributed by atoms with E-state index in [9.17, 15) is 0 Å². The molecule has 0 aliphatic carbocycles. The predicted molar refractivity (Wildman–Crippen MR) is 87.6 cm³/mol. The van der Waals surface area contributed by atoms with E-state index in [1.807, 2.05) is 61.9 Å². The Morgan fingerprint density at radius 3 is 2.57 bits per heavy atom. The Balaban J connectivity index is 2.08. The lowest BCUT2D eigenvalue weighted by atomic mass is 10.0. The molecule has 2 nitrogen and oxygen atoms in total. The van der Waals surface area contributed by atoms with Gasteiger partial charge in [-0.1, -0.05) is 41.4 Å². The summed E-state index contributed by atoms with van der Waals surface area (Å²) in [6.07, 6.45) is 4.38. The number of hydrogen-bond donors (Lipinski definition) is 0. The summed E-state index contributed by atoms with van der Waals surface area (Å²) >= 11 is 12.4. The summed E-state index contributed by atoms with van der Waals surface area (Å²) in [6.45, 7) is 2.03. The van der Waals surface area contributed by atoms with Crippen molar-refractivity contribution in [2.24, 2.45) is 0 Å². The van der Waals surface area contributed by atoms with Gasteiger partial charge in [-0.15, -0.1) is 0 Å². The number of aromatic nitrogens is 2. The third kappa shape index (κ3) is 2.97. The fourth-order valence-electron chi connectivity index (χ4n) is 2.39. The molecular weight excluding hydrogens is 303 g/mol. The summed E-state index contributed by atoms with van der Waals surface area (Å²) in [5, 5.41) is 1.49. The molecule has 0 atom stereocenters. The van der Waals surface area contributed by atoms with Crippen LogP contribution in [0.4, 0.5) is 0 Å². The third-order valence-corrected chi connectivity index (χ3v) is 4.07. The summed E-state index contributed by atoms with van der Waals surface area (Å²) < 4.78 is 2.06.